The molecule has 26 heavy (non-hydrogen) atoms. The summed E-state index contributed by atoms with van der Waals surface area (Å²) in [6, 6.07) is 12.7. The van der Waals surface area contributed by atoms with Crippen molar-refractivity contribution in [1.82, 2.24) is 15.2 Å². The first-order chi connectivity index (χ1) is 12.6. The topological polar surface area (TPSA) is 129 Å². The number of aromatic nitrogens is 3. The molecule has 9 heteroatoms. The minimum atomic E-state index is -0.481. The number of nitrogens with one attached hydrogen (secondary N) is 1. The van der Waals surface area contributed by atoms with Crippen molar-refractivity contribution in [3.05, 3.63) is 75.9 Å². The number of nitro groups is 1. The zero-order chi connectivity index (χ0) is 18.5. The van der Waals surface area contributed by atoms with Gasteiger partial charge in [-0.05, 0) is 29.8 Å². The fourth-order valence-electron chi connectivity index (χ4n) is 2.29. The normalized spacial score (nSPS) is 11.8. The first kappa shape index (κ1) is 17.4. The molecule has 134 valence electrons. The van der Waals surface area contributed by atoms with Crippen molar-refractivity contribution < 1.29 is 14.4 Å². The van der Waals surface area contributed by atoms with Gasteiger partial charge < -0.3 is 15.2 Å². The predicted octanol–water partition coefficient (Wildman–Crippen LogP) is 2.35. The van der Waals surface area contributed by atoms with E-state index in [2.05, 4.69) is 15.2 Å². The lowest BCUT2D eigenvalue weighted by Crippen LogP contribution is -2.13. The van der Waals surface area contributed by atoms with E-state index >= 15 is 0 Å². The molecule has 3 rings (SSSR count). The Morgan fingerprint density at radius 3 is 2.42 bits per heavy atom. The summed E-state index contributed by atoms with van der Waals surface area (Å²) in [5.74, 6) is 2.18. The van der Waals surface area contributed by atoms with Crippen LogP contribution in [0.2, 0.25) is 0 Å². The van der Waals surface area contributed by atoms with Gasteiger partial charge in [-0.25, -0.2) is 4.98 Å². The molecule has 2 aromatic carbocycles. The maximum atomic E-state index is 10.6. The van der Waals surface area contributed by atoms with Crippen LogP contribution < -0.4 is 15.2 Å². The second-order valence-corrected chi connectivity index (χ2v) is 5.43. The average Bonchev–Trinajstić information content (AvgIpc) is 3.15. The van der Waals surface area contributed by atoms with Crippen LogP contribution in [0.5, 0.6) is 11.5 Å². The maximum absolute atomic E-state index is 10.6. The Bertz CT molecular complexity index is 877. The molecular formula is C17H17N5O4. The van der Waals surface area contributed by atoms with E-state index in [4.69, 9.17) is 15.2 Å². The molecule has 0 amide bonds. The second kappa shape index (κ2) is 7.62. The number of ether oxygens (including phenoxy) is 2. The average molecular weight is 355 g/mol. The number of rotatable bonds is 7. The SMILES string of the molecule is COc1ccc([C@@H](N)c2n[nH]c(COc3ccc([N+](=O)[O-])cc3)n2)cc1. The zero-order valence-corrected chi connectivity index (χ0v) is 14.0. The number of H-pyrrole nitrogens is 1. The Hall–Kier alpha value is -3.46. The van der Waals surface area contributed by atoms with Crippen molar-refractivity contribution in [3.63, 3.8) is 0 Å². The Balaban J connectivity index is 1.62. The van der Waals surface area contributed by atoms with E-state index in [1.165, 1.54) is 24.3 Å². The van der Waals surface area contributed by atoms with E-state index in [0.717, 1.165) is 11.3 Å². The lowest BCUT2D eigenvalue weighted by molar-refractivity contribution is -0.384. The Morgan fingerprint density at radius 1 is 1.15 bits per heavy atom. The summed E-state index contributed by atoms with van der Waals surface area (Å²) in [6.45, 7) is 0.139. The number of aromatic amines is 1. The smallest absolute Gasteiger partial charge is 0.269 e. The number of non-ortho nitro benzene ring substituents is 1. The molecule has 0 saturated heterocycles. The Kier molecular flexibility index (Phi) is 5.09. The van der Waals surface area contributed by atoms with Crippen molar-refractivity contribution >= 4 is 5.69 Å². The number of methoxy groups -OCH3 is 1. The van der Waals surface area contributed by atoms with Crippen LogP contribution in [0.4, 0.5) is 5.69 Å². The van der Waals surface area contributed by atoms with Crippen LogP contribution in [0.1, 0.15) is 23.3 Å². The molecule has 0 unspecified atom stereocenters. The summed E-state index contributed by atoms with van der Waals surface area (Å²) in [4.78, 5) is 14.5. The van der Waals surface area contributed by atoms with Crippen molar-refractivity contribution in [2.24, 2.45) is 5.73 Å². The molecule has 0 fully saturated rings. The van der Waals surface area contributed by atoms with Crippen molar-refractivity contribution in [3.8, 4) is 11.5 Å². The van der Waals surface area contributed by atoms with Gasteiger partial charge in [0.25, 0.3) is 5.69 Å². The number of nitro benzene ring substituents is 1. The van der Waals surface area contributed by atoms with Gasteiger partial charge in [-0.15, -0.1) is 0 Å². The summed E-state index contributed by atoms with van der Waals surface area (Å²) in [6.07, 6.45) is 0. The van der Waals surface area contributed by atoms with E-state index in [1.807, 2.05) is 24.3 Å². The van der Waals surface area contributed by atoms with Gasteiger partial charge in [0.1, 0.15) is 18.1 Å². The number of hydrogen-bond acceptors (Lipinski definition) is 7. The van der Waals surface area contributed by atoms with Crippen LogP contribution in [0.3, 0.4) is 0 Å². The van der Waals surface area contributed by atoms with Gasteiger partial charge in [0.15, 0.2) is 11.6 Å². The standard InChI is InChI=1S/C17H17N5O4/c1-25-13-6-2-11(3-7-13)16(18)17-19-15(20-21-17)10-26-14-8-4-12(5-9-14)22(23)24/h2-9,16H,10,18H2,1H3,(H,19,20,21)/t16-/m1/s1. The van der Waals surface area contributed by atoms with Crippen LogP contribution in [0.25, 0.3) is 0 Å². The summed E-state index contributed by atoms with van der Waals surface area (Å²) in [5.41, 5.74) is 7.04. The molecule has 0 saturated carbocycles. The third-order valence-electron chi connectivity index (χ3n) is 3.73. The van der Waals surface area contributed by atoms with E-state index in [9.17, 15) is 10.1 Å². The fourth-order valence-corrected chi connectivity index (χ4v) is 2.29. The van der Waals surface area contributed by atoms with Gasteiger partial charge in [0, 0.05) is 12.1 Å². The number of hydrogen-bond donors (Lipinski definition) is 2. The zero-order valence-electron chi connectivity index (χ0n) is 14.0. The van der Waals surface area contributed by atoms with E-state index in [1.54, 1.807) is 7.11 Å². The number of nitrogens with zero attached hydrogens (tertiary/aromatic N) is 3. The van der Waals surface area contributed by atoms with Crippen LogP contribution >= 0.6 is 0 Å². The van der Waals surface area contributed by atoms with Gasteiger partial charge in [0.2, 0.25) is 0 Å². The molecule has 1 heterocycles. The highest BCUT2D eigenvalue weighted by Crippen LogP contribution is 2.21. The van der Waals surface area contributed by atoms with Gasteiger partial charge in [-0.1, -0.05) is 12.1 Å². The third kappa shape index (κ3) is 3.95. The summed E-state index contributed by atoms with van der Waals surface area (Å²) < 4.78 is 10.7. The summed E-state index contributed by atoms with van der Waals surface area (Å²) >= 11 is 0. The molecule has 0 aliphatic rings. The molecule has 3 aromatic rings. The lowest BCUT2D eigenvalue weighted by Gasteiger charge is -2.08. The maximum Gasteiger partial charge on any atom is 0.269 e. The molecular weight excluding hydrogens is 338 g/mol. The minimum Gasteiger partial charge on any atom is -0.497 e. The lowest BCUT2D eigenvalue weighted by atomic mass is 10.1. The van der Waals surface area contributed by atoms with Gasteiger partial charge in [-0.3, -0.25) is 15.2 Å². The summed E-state index contributed by atoms with van der Waals surface area (Å²) in [7, 11) is 1.60. The van der Waals surface area contributed by atoms with Gasteiger partial charge in [0.05, 0.1) is 18.1 Å². The van der Waals surface area contributed by atoms with Crippen molar-refractivity contribution in [2.45, 2.75) is 12.6 Å². The van der Waals surface area contributed by atoms with Crippen LogP contribution in [-0.4, -0.2) is 27.2 Å². The number of benzene rings is 2. The fraction of sp³-hybridized carbons (Fsp3) is 0.176. The minimum absolute atomic E-state index is 0.00441. The quantitative estimate of drug-likeness (QED) is 0.491. The molecule has 0 bridgehead atoms. The molecule has 3 N–H and O–H groups in total. The largest absolute Gasteiger partial charge is 0.497 e. The highest BCUT2D eigenvalue weighted by Gasteiger charge is 2.15. The predicted molar refractivity (Wildman–Crippen MR) is 92.8 cm³/mol. The Morgan fingerprint density at radius 2 is 1.81 bits per heavy atom. The first-order valence-electron chi connectivity index (χ1n) is 7.75. The van der Waals surface area contributed by atoms with Crippen LogP contribution in [-0.2, 0) is 6.61 Å². The highest BCUT2D eigenvalue weighted by atomic mass is 16.6. The molecule has 9 nitrogen and oxygen atoms in total. The van der Waals surface area contributed by atoms with Crippen LogP contribution in [0.15, 0.2) is 48.5 Å². The van der Waals surface area contributed by atoms with Gasteiger partial charge >= 0.3 is 0 Å². The highest BCUT2D eigenvalue weighted by molar-refractivity contribution is 5.36. The van der Waals surface area contributed by atoms with E-state index < -0.39 is 11.0 Å². The molecule has 1 atom stereocenters. The molecule has 0 aliphatic heterocycles. The monoisotopic (exact) mass is 355 g/mol. The molecule has 0 spiro atoms. The Labute approximate surface area is 148 Å². The van der Waals surface area contributed by atoms with Gasteiger partial charge in [-0.2, -0.15) is 5.10 Å². The third-order valence-corrected chi connectivity index (χ3v) is 3.73. The summed E-state index contributed by atoms with van der Waals surface area (Å²) in [5, 5.41) is 17.5. The number of nitrogens with two attached hydrogens (primary N) is 1. The van der Waals surface area contributed by atoms with Crippen LogP contribution in [0, 0.1) is 10.1 Å². The molecule has 0 aliphatic carbocycles. The molecule has 0 radical (unpaired) electrons. The first-order valence-corrected chi connectivity index (χ1v) is 7.75. The van der Waals surface area contributed by atoms with E-state index in [-0.39, 0.29) is 12.3 Å². The van der Waals surface area contributed by atoms with Crippen molar-refractivity contribution in [1.29, 1.82) is 0 Å². The van der Waals surface area contributed by atoms with E-state index in [0.29, 0.717) is 17.4 Å². The van der Waals surface area contributed by atoms with Crippen molar-refractivity contribution in [2.75, 3.05) is 7.11 Å². The second-order valence-electron chi connectivity index (χ2n) is 5.43. The molecule has 1 aromatic heterocycles.